The third kappa shape index (κ3) is 3.87. The van der Waals surface area contributed by atoms with Crippen molar-refractivity contribution in [3.63, 3.8) is 0 Å². The highest BCUT2D eigenvalue weighted by molar-refractivity contribution is 5.27. The Kier molecular flexibility index (Phi) is 4.76. The van der Waals surface area contributed by atoms with Gasteiger partial charge in [0, 0.05) is 24.8 Å². The smallest absolute Gasteiger partial charge is 0.313 e. The van der Waals surface area contributed by atoms with Gasteiger partial charge in [-0.3, -0.25) is 4.79 Å². The molecule has 118 valence electrons. The maximum Gasteiger partial charge on any atom is 0.416 e. The van der Waals surface area contributed by atoms with E-state index in [1.54, 1.807) is 13.8 Å². The van der Waals surface area contributed by atoms with Crippen LogP contribution in [0.5, 0.6) is 0 Å². The highest BCUT2D eigenvalue weighted by atomic mass is 19.4. The van der Waals surface area contributed by atoms with Crippen LogP contribution in [0.2, 0.25) is 0 Å². The van der Waals surface area contributed by atoms with Crippen molar-refractivity contribution in [2.45, 2.75) is 45.3 Å². The molecule has 0 atom stereocenters. The molecule has 0 amide bonds. The molecular weight excluding hydrogens is 281 g/mol. The van der Waals surface area contributed by atoms with E-state index in [-0.39, 0.29) is 11.6 Å². The molecule has 0 aliphatic carbocycles. The topological polar surface area (TPSA) is 25.2 Å². The predicted molar refractivity (Wildman–Crippen MR) is 75.5 cm³/mol. The van der Waals surface area contributed by atoms with Crippen LogP contribution in [-0.4, -0.2) is 29.1 Å². The lowest BCUT2D eigenvalue weighted by molar-refractivity contribution is -0.138. The number of aromatic nitrogens is 1. The van der Waals surface area contributed by atoms with E-state index in [9.17, 15) is 18.0 Å². The van der Waals surface area contributed by atoms with E-state index in [0.29, 0.717) is 13.0 Å². The van der Waals surface area contributed by atoms with Crippen molar-refractivity contribution in [2.24, 2.45) is 0 Å². The average molecular weight is 302 g/mol. The fourth-order valence-corrected chi connectivity index (χ4v) is 2.74. The normalized spacial score (nSPS) is 16.9. The molecule has 1 aromatic heterocycles. The SMILES string of the molecule is CC(C)n1cc(CCN2CCCC2)c(C(F)(F)F)cc1=O. The van der Waals surface area contributed by atoms with Gasteiger partial charge in [0.05, 0.1) is 5.56 Å². The van der Waals surface area contributed by atoms with Gasteiger partial charge in [-0.15, -0.1) is 0 Å². The van der Waals surface area contributed by atoms with Crippen molar-refractivity contribution >= 4 is 0 Å². The number of halogens is 3. The summed E-state index contributed by atoms with van der Waals surface area (Å²) < 4.78 is 40.7. The van der Waals surface area contributed by atoms with Crippen LogP contribution in [0.15, 0.2) is 17.1 Å². The second-order valence-electron chi connectivity index (χ2n) is 5.85. The second kappa shape index (κ2) is 6.22. The van der Waals surface area contributed by atoms with Crippen LogP contribution >= 0.6 is 0 Å². The molecule has 1 aromatic rings. The van der Waals surface area contributed by atoms with Crippen molar-refractivity contribution < 1.29 is 13.2 Å². The van der Waals surface area contributed by atoms with E-state index in [1.165, 1.54) is 10.8 Å². The Morgan fingerprint density at radius 3 is 2.38 bits per heavy atom. The monoisotopic (exact) mass is 302 g/mol. The molecule has 1 aliphatic heterocycles. The van der Waals surface area contributed by atoms with E-state index >= 15 is 0 Å². The second-order valence-corrected chi connectivity index (χ2v) is 5.85. The van der Waals surface area contributed by atoms with Crippen molar-refractivity contribution in [2.75, 3.05) is 19.6 Å². The van der Waals surface area contributed by atoms with E-state index in [0.717, 1.165) is 32.0 Å². The number of alkyl halides is 3. The molecule has 0 unspecified atom stereocenters. The summed E-state index contributed by atoms with van der Waals surface area (Å²) in [6.45, 7) is 6.09. The van der Waals surface area contributed by atoms with Crippen molar-refractivity contribution in [3.8, 4) is 0 Å². The van der Waals surface area contributed by atoms with E-state index in [4.69, 9.17) is 0 Å². The summed E-state index contributed by atoms with van der Waals surface area (Å²) in [6, 6.07) is 0.588. The molecule has 0 spiro atoms. The van der Waals surface area contributed by atoms with Gasteiger partial charge in [0.1, 0.15) is 0 Å². The number of hydrogen-bond donors (Lipinski definition) is 0. The van der Waals surface area contributed by atoms with Crippen LogP contribution in [0.25, 0.3) is 0 Å². The molecule has 2 heterocycles. The Morgan fingerprint density at radius 1 is 1.24 bits per heavy atom. The van der Waals surface area contributed by atoms with Gasteiger partial charge in [0.15, 0.2) is 0 Å². The summed E-state index contributed by atoms with van der Waals surface area (Å²) in [5.74, 6) is 0. The molecule has 0 radical (unpaired) electrons. The first-order valence-electron chi connectivity index (χ1n) is 7.33. The number of nitrogens with zero attached hydrogens (tertiary/aromatic N) is 2. The zero-order valence-corrected chi connectivity index (χ0v) is 12.4. The molecular formula is C15H21F3N2O. The molecule has 6 heteroatoms. The van der Waals surface area contributed by atoms with Gasteiger partial charge in [-0.25, -0.2) is 0 Å². The lowest BCUT2D eigenvalue weighted by Gasteiger charge is -2.19. The molecule has 2 rings (SSSR count). The zero-order chi connectivity index (χ0) is 15.6. The Labute approximate surface area is 122 Å². The highest BCUT2D eigenvalue weighted by Crippen LogP contribution is 2.31. The van der Waals surface area contributed by atoms with Gasteiger partial charge >= 0.3 is 6.18 Å². The maximum absolute atomic E-state index is 13.1. The molecule has 0 saturated carbocycles. The van der Waals surface area contributed by atoms with Gasteiger partial charge in [-0.05, 0) is 51.8 Å². The standard InChI is InChI=1S/C15H21F3N2O/c1-11(2)20-10-12(5-8-19-6-3-4-7-19)13(9-14(20)21)15(16,17)18/h9-11H,3-8H2,1-2H3. The molecule has 1 fully saturated rings. The number of pyridine rings is 1. The van der Waals surface area contributed by atoms with Crippen LogP contribution in [0, 0.1) is 0 Å². The summed E-state index contributed by atoms with van der Waals surface area (Å²) in [4.78, 5) is 14.0. The minimum Gasteiger partial charge on any atom is -0.313 e. The summed E-state index contributed by atoms with van der Waals surface area (Å²) in [6.07, 6.45) is -0.557. The van der Waals surface area contributed by atoms with Gasteiger partial charge in [0.2, 0.25) is 0 Å². The van der Waals surface area contributed by atoms with Crippen LogP contribution < -0.4 is 5.56 Å². The zero-order valence-electron chi connectivity index (χ0n) is 12.4. The predicted octanol–water partition coefficient (Wildman–Crippen LogP) is 3.09. The number of hydrogen-bond acceptors (Lipinski definition) is 2. The Hall–Kier alpha value is -1.30. The van der Waals surface area contributed by atoms with Crippen LogP contribution in [-0.2, 0) is 12.6 Å². The van der Waals surface area contributed by atoms with Gasteiger partial charge in [-0.2, -0.15) is 13.2 Å². The Morgan fingerprint density at radius 2 is 1.86 bits per heavy atom. The molecule has 3 nitrogen and oxygen atoms in total. The number of rotatable bonds is 4. The van der Waals surface area contributed by atoms with Gasteiger partial charge in [0.25, 0.3) is 5.56 Å². The third-order valence-electron chi connectivity index (χ3n) is 3.92. The molecule has 1 saturated heterocycles. The first-order chi connectivity index (χ1) is 9.79. The van der Waals surface area contributed by atoms with E-state index < -0.39 is 17.3 Å². The number of likely N-dealkylation sites (tertiary alicyclic amines) is 1. The maximum atomic E-state index is 13.1. The molecule has 0 bridgehead atoms. The highest BCUT2D eigenvalue weighted by Gasteiger charge is 2.34. The fraction of sp³-hybridized carbons (Fsp3) is 0.667. The third-order valence-corrected chi connectivity index (χ3v) is 3.92. The fourth-order valence-electron chi connectivity index (χ4n) is 2.74. The van der Waals surface area contributed by atoms with Crippen LogP contribution in [0.1, 0.15) is 43.9 Å². The summed E-state index contributed by atoms with van der Waals surface area (Å²) in [7, 11) is 0. The quantitative estimate of drug-likeness (QED) is 0.854. The summed E-state index contributed by atoms with van der Waals surface area (Å²) >= 11 is 0. The molecule has 21 heavy (non-hydrogen) atoms. The van der Waals surface area contributed by atoms with Crippen molar-refractivity contribution in [1.29, 1.82) is 0 Å². The van der Waals surface area contributed by atoms with E-state index in [2.05, 4.69) is 4.90 Å². The van der Waals surface area contributed by atoms with Crippen LogP contribution in [0.4, 0.5) is 13.2 Å². The lowest BCUT2D eigenvalue weighted by Crippen LogP contribution is -2.27. The first kappa shape index (κ1) is 16.1. The molecule has 0 aromatic carbocycles. The lowest BCUT2D eigenvalue weighted by atomic mass is 10.1. The minimum atomic E-state index is -4.48. The Balaban J connectivity index is 2.30. The average Bonchev–Trinajstić information content (AvgIpc) is 2.88. The summed E-state index contributed by atoms with van der Waals surface area (Å²) in [5, 5.41) is 0. The van der Waals surface area contributed by atoms with Crippen molar-refractivity contribution in [1.82, 2.24) is 9.47 Å². The molecule has 1 aliphatic rings. The van der Waals surface area contributed by atoms with Gasteiger partial charge < -0.3 is 9.47 Å². The molecule has 0 N–H and O–H groups in total. The summed E-state index contributed by atoms with van der Waals surface area (Å²) in [5.41, 5.74) is -1.17. The van der Waals surface area contributed by atoms with Crippen molar-refractivity contribution in [3.05, 3.63) is 33.7 Å². The minimum absolute atomic E-state index is 0.148. The van der Waals surface area contributed by atoms with Gasteiger partial charge in [-0.1, -0.05) is 0 Å². The largest absolute Gasteiger partial charge is 0.416 e. The first-order valence-corrected chi connectivity index (χ1v) is 7.33. The van der Waals surface area contributed by atoms with Crippen LogP contribution in [0.3, 0.4) is 0 Å². The Bertz CT molecular complexity index is 543. The van der Waals surface area contributed by atoms with E-state index in [1.807, 2.05) is 0 Å².